The van der Waals surface area contributed by atoms with Gasteiger partial charge >= 0.3 is 0 Å². The summed E-state index contributed by atoms with van der Waals surface area (Å²) in [5, 5.41) is 0. The number of nitrogens with zero attached hydrogens (tertiary/aromatic N) is 2. The molecule has 1 aliphatic rings. The highest BCUT2D eigenvalue weighted by Gasteiger charge is 2.20. The van der Waals surface area contributed by atoms with Crippen molar-refractivity contribution in [2.24, 2.45) is 5.92 Å². The quantitative estimate of drug-likeness (QED) is 0.733. The van der Waals surface area contributed by atoms with Crippen molar-refractivity contribution in [3.05, 3.63) is 24.3 Å². The molecule has 134 valence electrons. The molecule has 1 aromatic carbocycles. The van der Waals surface area contributed by atoms with E-state index in [1.165, 1.54) is 0 Å². The van der Waals surface area contributed by atoms with Crippen LogP contribution >= 0.6 is 0 Å². The van der Waals surface area contributed by atoms with Crippen molar-refractivity contribution in [3.63, 3.8) is 0 Å². The summed E-state index contributed by atoms with van der Waals surface area (Å²) in [6.45, 7) is 11.9. The third-order valence-electron chi connectivity index (χ3n) is 4.32. The third kappa shape index (κ3) is 6.04. The van der Waals surface area contributed by atoms with Crippen molar-refractivity contribution in [2.45, 2.75) is 27.2 Å². The Morgan fingerprint density at radius 3 is 2.17 bits per heavy atom. The van der Waals surface area contributed by atoms with Gasteiger partial charge in [0.2, 0.25) is 0 Å². The second kappa shape index (κ2) is 9.52. The molecule has 1 aromatic rings. The number of amides is 1. The van der Waals surface area contributed by atoms with Crippen LogP contribution in [0.4, 0.5) is 0 Å². The van der Waals surface area contributed by atoms with Crippen molar-refractivity contribution < 1.29 is 14.3 Å². The van der Waals surface area contributed by atoms with Crippen LogP contribution in [0.2, 0.25) is 0 Å². The number of carbonyl (C=O) groups excluding carboxylic acids is 1. The highest BCUT2D eigenvalue weighted by molar-refractivity contribution is 5.77. The molecule has 0 spiro atoms. The van der Waals surface area contributed by atoms with E-state index in [1.54, 1.807) is 0 Å². The standard InChI is InChI=1S/C19H30N2O3/c1-4-20-10-12-21(13-11-20)19(22)15-24-18-7-5-17(6-8-18)23-14-9-16(2)3/h5-8,16H,4,9-15H2,1-3H3. The van der Waals surface area contributed by atoms with Gasteiger partial charge in [0.1, 0.15) is 11.5 Å². The van der Waals surface area contributed by atoms with Gasteiger partial charge in [0, 0.05) is 26.2 Å². The van der Waals surface area contributed by atoms with Crippen molar-refractivity contribution in [1.82, 2.24) is 9.80 Å². The number of benzene rings is 1. The van der Waals surface area contributed by atoms with Crippen molar-refractivity contribution >= 4 is 5.91 Å². The van der Waals surface area contributed by atoms with Gasteiger partial charge in [0.25, 0.3) is 5.91 Å². The minimum atomic E-state index is 0.0583. The summed E-state index contributed by atoms with van der Waals surface area (Å²) in [5.41, 5.74) is 0. The molecule has 1 heterocycles. The molecule has 1 amide bonds. The first-order chi connectivity index (χ1) is 11.6. The molecule has 1 aliphatic heterocycles. The first kappa shape index (κ1) is 18.6. The van der Waals surface area contributed by atoms with Crippen molar-refractivity contribution in [3.8, 4) is 11.5 Å². The Bertz CT molecular complexity index is 494. The molecule has 0 aliphatic carbocycles. The van der Waals surface area contributed by atoms with E-state index in [1.807, 2.05) is 29.2 Å². The predicted octanol–water partition coefficient (Wildman–Crippen LogP) is 2.65. The van der Waals surface area contributed by atoms with Crippen LogP contribution < -0.4 is 9.47 Å². The minimum Gasteiger partial charge on any atom is -0.494 e. The molecule has 0 atom stereocenters. The molecule has 0 radical (unpaired) electrons. The number of hydrogen-bond donors (Lipinski definition) is 0. The fraction of sp³-hybridized carbons (Fsp3) is 0.632. The number of hydrogen-bond acceptors (Lipinski definition) is 4. The topological polar surface area (TPSA) is 42.0 Å². The Morgan fingerprint density at radius 1 is 1.04 bits per heavy atom. The monoisotopic (exact) mass is 334 g/mol. The largest absolute Gasteiger partial charge is 0.494 e. The molecule has 0 saturated carbocycles. The van der Waals surface area contributed by atoms with Gasteiger partial charge in [-0.1, -0.05) is 20.8 Å². The summed E-state index contributed by atoms with van der Waals surface area (Å²) >= 11 is 0. The molecule has 1 fully saturated rings. The lowest BCUT2D eigenvalue weighted by atomic mass is 10.1. The summed E-state index contributed by atoms with van der Waals surface area (Å²) in [7, 11) is 0. The Labute approximate surface area is 145 Å². The van der Waals surface area contributed by atoms with Crippen LogP contribution in [0.25, 0.3) is 0 Å². The number of likely N-dealkylation sites (N-methyl/N-ethyl adjacent to an activating group) is 1. The number of piperazine rings is 1. The van der Waals surface area contributed by atoms with Crippen LogP contribution in [0.3, 0.4) is 0 Å². The normalized spacial score (nSPS) is 15.6. The van der Waals surface area contributed by atoms with Crippen LogP contribution in [0.1, 0.15) is 27.2 Å². The molecule has 5 nitrogen and oxygen atoms in total. The number of ether oxygens (including phenoxy) is 2. The zero-order chi connectivity index (χ0) is 17.4. The molecule has 0 N–H and O–H groups in total. The smallest absolute Gasteiger partial charge is 0.260 e. The maximum Gasteiger partial charge on any atom is 0.260 e. The van der Waals surface area contributed by atoms with Crippen LogP contribution in [0.5, 0.6) is 11.5 Å². The van der Waals surface area contributed by atoms with E-state index < -0.39 is 0 Å². The maximum absolute atomic E-state index is 12.2. The predicted molar refractivity (Wildman–Crippen MR) is 95.6 cm³/mol. The summed E-state index contributed by atoms with van der Waals surface area (Å²) in [4.78, 5) is 16.4. The Hall–Kier alpha value is -1.75. The molecule has 2 rings (SSSR count). The van der Waals surface area contributed by atoms with E-state index in [4.69, 9.17) is 9.47 Å². The zero-order valence-electron chi connectivity index (χ0n) is 15.2. The summed E-state index contributed by atoms with van der Waals surface area (Å²) < 4.78 is 11.3. The van der Waals surface area contributed by atoms with Crippen LogP contribution in [-0.2, 0) is 4.79 Å². The van der Waals surface area contributed by atoms with Gasteiger partial charge in [-0.3, -0.25) is 4.79 Å². The molecular weight excluding hydrogens is 304 g/mol. The summed E-state index contributed by atoms with van der Waals surface area (Å²) in [5.74, 6) is 2.23. The van der Waals surface area contributed by atoms with Gasteiger partial charge in [0.05, 0.1) is 6.61 Å². The maximum atomic E-state index is 12.2. The van der Waals surface area contributed by atoms with E-state index >= 15 is 0 Å². The fourth-order valence-corrected chi connectivity index (χ4v) is 2.59. The molecule has 0 aromatic heterocycles. The minimum absolute atomic E-state index is 0.0583. The number of carbonyl (C=O) groups is 1. The molecular formula is C19H30N2O3. The lowest BCUT2D eigenvalue weighted by Crippen LogP contribution is -2.49. The lowest BCUT2D eigenvalue weighted by molar-refractivity contribution is -0.135. The molecule has 0 bridgehead atoms. The first-order valence-electron chi connectivity index (χ1n) is 8.94. The van der Waals surface area contributed by atoms with E-state index in [-0.39, 0.29) is 12.5 Å². The average molecular weight is 334 g/mol. The van der Waals surface area contributed by atoms with E-state index in [0.29, 0.717) is 11.7 Å². The third-order valence-corrected chi connectivity index (χ3v) is 4.32. The Kier molecular flexibility index (Phi) is 7.37. The molecule has 1 saturated heterocycles. The second-order valence-corrected chi connectivity index (χ2v) is 6.61. The van der Waals surface area contributed by atoms with Crippen LogP contribution in [0, 0.1) is 5.92 Å². The SMILES string of the molecule is CCN1CCN(C(=O)COc2ccc(OCCC(C)C)cc2)CC1. The van der Waals surface area contributed by atoms with E-state index in [0.717, 1.165) is 51.5 Å². The highest BCUT2D eigenvalue weighted by atomic mass is 16.5. The number of rotatable bonds is 8. The fourth-order valence-electron chi connectivity index (χ4n) is 2.59. The Morgan fingerprint density at radius 2 is 1.62 bits per heavy atom. The van der Waals surface area contributed by atoms with Crippen LogP contribution in [0.15, 0.2) is 24.3 Å². The molecule has 0 unspecified atom stereocenters. The first-order valence-corrected chi connectivity index (χ1v) is 8.94. The van der Waals surface area contributed by atoms with E-state index in [2.05, 4.69) is 25.7 Å². The zero-order valence-corrected chi connectivity index (χ0v) is 15.2. The second-order valence-electron chi connectivity index (χ2n) is 6.61. The lowest BCUT2D eigenvalue weighted by Gasteiger charge is -2.33. The van der Waals surface area contributed by atoms with Gasteiger partial charge in [-0.2, -0.15) is 0 Å². The summed E-state index contributed by atoms with van der Waals surface area (Å²) in [6, 6.07) is 7.49. The van der Waals surface area contributed by atoms with Gasteiger partial charge in [-0.25, -0.2) is 0 Å². The molecule has 5 heteroatoms. The van der Waals surface area contributed by atoms with Crippen molar-refractivity contribution in [1.29, 1.82) is 0 Å². The highest BCUT2D eigenvalue weighted by Crippen LogP contribution is 2.18. The summed E-state index contributed by atoms with van der Waals surface area (Å²) in [6.07, 6.45) is 1.04. The van der Waals surface area contributed by atoms with Gasteiger partial charge in [-0.05, 0) is 43.1 Å². The van der Waals surface area contributed by atoms with Crippen LogP contribution in [-0.4, -0.2) is 61.6 Å². The van der Waals surface area contributed by atoms with Gasteiger partial charge in [0.15, 0.2) is 6.61 Å². The Balaban J connectivity index is 1.71. The van der Waals surface area contributed by atoms with Gasteiger partial charge < -0.3 is 19.3 Å². The van der Waals surface area contributed by atoms with Crippen molar-refractivity contribution in [2.75, 3.05) is 45.9 Å². The molecule has 24 heavy (non-hydrogen) atoms. The van der Waals surface area contributed by atoms with E-state index in [9.17, 15) is 4.79 Å². The average Bonchev–Trinajstić information content (AvgIpc) is 2.60. The van der Waals surface area contributed by atoms with Gasteiger partial charge in [-0.15, -0.1) is 0 Å².